The first-order chi connectivity index (χ1) is 12.3. The van der Waals surface area contributed by atoms with Crippen molar-refractivity contribution in [3.8, 4) is 0 Å². The molecule has 3 rings (SSSR count). The first-order valence-corrected chi connectivity index (χ1v) is 9.52. The van der Waals surface area contributed by atoms with Crippen LogP contribution in [0.1, 0.15) is 0 Å². The third kappa shape index (κ3) is 4.33. The fourth-order valence-electron chi connectivity index (χ4n) is 2.96. The molecule has 1 fully saturated rings. The Morgan fingerprint density at radius 3 is 2.48 bits per heavy atom. The zero-order valence-electron chi connectivity index (χ0n) is 14.7. The first kappa shape index (κ1) is 21.4. The predicted molar refractivity (Wildman–Crippen MR) is 101 cm³/mol. The van der Waals surface area contributed by atoms with E-state index in [0.717, 1.165) is 0 Å². The predicted octanol–water partition coefficient (Wildman–Crippen LogP) is -0.915. The summed E-state index contributed by atoms with van der Waals surface area (Å²) in [5.74, 6) is -0.254. The monoisotopic (exact) mass is 419 g/mol. The van der Waals surface area contributed by atoms with E-state index >= 15 is 0 Å². The van der Waals surface area contributed by atoms with Gasteiger partial charge in [0.2, 0.25) is 15.9 Å². The molecule has 150 valence electrons. The van der Waals surface area contributed by atoms with Crippen LogP contribution < -0.4 is 11.4 Å². The highest BCUT2D eigenvalue weighted by molar-refractivity contribution is 7.89. The van der Waals surface area contributed by atoms with Crippen LogP contribution in [0.25, 0.3) is 11.0 Å². The number of hydrogen-bond donors (Lipinski definition) is 3. The Kier molecular flexibility index (Phi) is 6.65. The number of H-pyrrole nitrogens is 2. The molecule has 2 heterocycles. The molecule has 4 N–H and O–H groups in total. The van der Waals surface area contributed by atoms with Crippen LogP contribution in [0.2, 0.25) is 0 Å². The zero-order chi connectivity index (χ0) is 18.9. The summed E-state index contributed by atoms with van der Waals surface area (Å²) >= 11 is 0. The van der Waals surface area contributed by atoms with Crippen LogP contribution in [0.5, 0.6) is 0 Å². The largest absolute Gasteiger partial charge is 0.383 e. The van der Waals surface area contributed by atoms with E-state index in [9.17, 15) is 18.0 Å². The van der Waals surface area contributed by atoms with Crippen molar-refractivity contribution in [2.75, 3.05) is 39.9 Å². The maximum atomic E-state index is 12.8. The van der Waals surface area contributed by atoms with E-state index in [-0.39, 0.29) is 56.0 Å². The van der Waals surface area contributed by atoms with Gasteiger partial charge in [0.1, 0.15) is 6.04 Å². The average Bonchev–Trinajstić information content (AvgIpc) is 3.00. The topological polar surface area (TPSA) is 142 Å². The van der Waals surface area contributed by atoms with Crippen LogP contribution in [0, 0.1) is 0 Å². The Bertz CT molecular complexity index is 964. The standard InChI is InChI=1S/C15H21N5O5S.ClH/c1-25-9-11(16)14(21)19-4-6-20(7-5-19)26(23,24)10-2-3-12-13(8-10)18-15(22)17-12;/h2-3,8,11H,4-7,9,16H2,1H3,(H2,17,18,22);1H. The van der Waals surface area contributed by atoms with Crippen molar-refractivity contribution < 1.29 is 17.9 Å². The summed E-state index contributed by atoms with van der Waals surface area (Å²) in [6.45, 7) is 0.995. The quantitative estimate of drug-likeness (QED) is 0.572. The number of piperazine rings is 1. The highest BCUT2D eigenvalue weighted by Gasteiger charge is 2.31. The Hall–Kier alpha value is -1.92. The first-order valence-electron chi connectivity index (χ1n) is 8.08. The second-order valence-corrected chi connectivity index (χ2v) is 8.02. The number of fused-ring (bicyclic) bond motifs is 1. The lowest BCUT2D eigenvalue weighted by Crippen LogP contribution is -2.55. The number of amides is 1. The summed E-state index contributed by atoms with van der Waals surface area (Å²) in [6.07, 6.45) is 0. The van der Waals surface area contributed by atoms with Gasteiger partial charge < -0.3 is 25.3 Å². The van der Waals surface area contributed by atoms with Gasteiger partial charge in [-0.1, -0.05) is 0 Å². The van der Waals surface area contributed by atoms with Crippen LogP contribution in [-0.2, 0) is 19.6 Å². The second-order valence-electron chi connectivity index (χ2n) is 6.08. The van der Waals surface area contributed by atoms with Crippen LogP contribution in [0.4, 0.5) is 0 Å². The summed E-state index contributed by atoms with van der Waals surface area (Å²) in [6, 6.07) is 3.67. The fraction of sp³-hybridized carbons (Fsp3) is 0.467. The van der Waals surface area contributed by atoms with Gasteiger partial charge in [0.15, 0.2) is 0 Å². The van der Waals surface area contributed by atoms with Crippen molar-refractivity contribution in [2.24, 2.45) is 5.73 Å². The minimum atomic E-state index is -3.72. The van der Waals surface area contributed by atoms with Gasteiger partial charge in [0.05, 0.1) is 22.5 Å². The van der Waals surface area contributed by atoms with Crippen molar-refractivity contribution in [2.45, 2.75) is 10.9 Å². The van der Waals surface area contributed by atoms with E-state index in [1.807, 2.05) is 0 Å². The molecule has 1 atom stereocenters. The SMILES string of the molecule is COCC(N)C(=O)N1CCN(S(=O)(=O)c2ccc3[nH]c(=O)[nH]c3c2)CC1.Cl. The molecular formula is C15H22ClN5O5S. The molecule has 0 aliphatic carbocycles. The lowest BCUT2D eigenvalue weighted by atomic mass is 10.2. The summed E-state index contributed by atoms with van der Waals surface area (Å²) in [4.78, 5) is 30.3. The van der Waals surface area contributed by atoms with E-state index in [1.54, 1.807) is 11.0 Å². The summed E-state index contributed by atoms with van der Waals surface area (Å²) in [5.41, 5.74) is 6.32. The molecule has 10 nitrogen and oxygen atoms in total. The lowest BCUT2D eigenvalue weighted by molar-refractivity contribution is -0.134. The average molecular weight is 420 g/mol. The Labute approximate surface area is 162 Å². The number of aromatic nitrogens is 2. The van der Waals surface area contributed by atoms with Gasteiger partial charge in [-0.05, 0) is 18.2 Å². The summed E-state index contributed by atoms with van der Waals surface area (Å²) < 4.78 is 31.9. The number of methoxy groups -OCH3 is 1. The number of carbonyl (C=O) groups excluding carboxylic acids is 1. The Balaban J connectivity index is 0.00000261. The molecule has 0 spiro atoms. The normalized spacial score (nSPS) is 16.9. The second kappa shape index (κ2) is 8.40. The molecule has 1 aromatic heterocycles. The van der Waals surface area contributed by atoms with Crippen molar-refractivity contribution in [1.82, 2.24) is 19.2 Å². The van der Waals surface area contributed by atoms with E-state index in [1.165, 1.54) is 23.5 Å². The van der Waals surface area contributed by atoms with Crippen LogP contribution in [0.3, 0.4) is 0 Å². The fourth-order valence-corrected chi connectivity index (χ4v) is 4.40. The van der Waals surface area contributed by atoms with Gasteiger partial charge in [0, 0.05) is 33.3 Å². The van der Waals surface area contributed by atoms with Gasteiger partial charge in [0.25, 0.3) is 0 Å². The van der Waals surface area contributed by atoms with Gasteiger partial charge in [-0.15, -0.1) is 12.4 Å². The van der Waals surface area contributed by atoms with E-state index in [2.05, 4.69) is 9.97 Å². The molecule has 1 aromatic carbocycles. The Morgan fingerprint density at radius 2 is 1.85 bits per heavy atom. The van der Waals surface area contributed by atoms with Gasteiger partial charge in [-0.3, -0.25) is 4.79 Å². The van der Waals surface area contributed by atoms with E-state index in [4.69, 9.17) is 10.5 Å². The minimum absolute atomic E-state index is 0. The van der Waals surface area contributed by atoms with Crippen LogP contribution in [-0.4, -0.2) is 79.4 Å². The molecule has 1 saturated heterocycles. The molecule has 12 heteroatoms. The zero-order valence-corrected chi connectivity index (χ0v) is 16.3. The van der Waals surface area contributed by atoms with E-state index in [0.29, 0.717) is 11.0 Å². The number of halogens is 1. The number of aromatic amines is 2. The number of carbonyl (C=O) groups is 1. The molecule has 1 amide bonds. The molecular weight excluding hydrogens is 398 g/mol. The number of benzene rings is 1. The minimum Gasteiger partial charge on any atom is -0.383 e. The summed E-state index contributed by atoms with van der Waals surface area (Å²) in [7, 11) is -2.26. The number of nitrogens with one attached hydrogen (secondary N) is 2. The number of imidazole rings is 1. The Morgan fingerprint density at radius 1 is 1.22 bits per heavy atom. The van der Waals surface area contributed by atoms with Crippen LogP contribution in [0.15, 0.2) is 27.9 Å². The number of rotatable bonds is 5. The van der Waals surface area contributed by atoms with Gasteiger partial charge >= 0.3 is 5.69 Å². The third-order valence-corrected chi connectivity index (χ3v) is 6.23. The molecule has 0 radical (unpaired) electrons. The summed E-state index contributed by atoms with van der Waals surface area (Å²) in [5, 5.41) is 0. The van der Waals surface area contributed by atoms with E-state index < -0.39 is 21.8 Å². The molecule has 0 bridgehead atoms. The molecule has 1 aliphatic heterocycles. The van der Waals surface area contributed by atoms with Gasteiger partial charge in [-0.25, -0.2) is 13.2 Å². The number of nitrogens with two attached hydrogens (primary N) is 1. The molecule has 2 aromatic rings. The maximum Gasteiger partial charge on any atom is 0.323 e. The molecule has 27 heavy (non-hydrogen) atoms. The van der Waals surface area contributed by atoms with Gasteiger partial charge in [-0.2, -0.15) is 4.31 Å². The number of nitrogens with zero attached hydrogens (tertiary/aromatic N) is 2. The molecule has 0 saturated carbocycles. The van der Waals surface area contributed by atoms with Crippen molar-refractivity contribution in [1.29, 1.82) is 0 Å². The smallest absolute Gasteiger partial charge is 0.323 e. The molecule has 1 unspecified atom stereocenters. The van der Waals surface area contributed by atoms with Crippen LogP contribution >= 0.6 is 12.4 Å². The highest BCUT2D eigenvalue weighted by Crippen LogP contribution is 2.20. The van der Waals surface area contributed by atoms with Crippen molar-refractivity contribution >= 4 is 39.4 Å². The maximum absolute atomic E-state index is 12.8. The number of hydrogen-bond acceptors (Lipinski definition) is 6. The van der Waals surface area contributed by atoms with Crippen molar-refractivity contribution in [3.05, 3.63) is 28.7 Å². The molecule has 1 aliphatic rings. The lowest BCUT2D eigenvalue weighted by Gasteiger charge is -2.35. The third-order valence-electron chi connectivity index (χ3n) is 4.34. The number of sulfonamides is 1. The highest BCUT2D eigenvalue weighted by atomic mass is 35.5. The van der Waals surface area contributed by atoms with Crippen molar-refractivity contribution in [3.63, 3.8) is 0 Å². The number of ether oxygens (including phenoxy) is 1.